The number of amides is 2. The molecule has 0 spiro atoms. The van der Waals surface area contributed by atoms with Crippen LogP contribution in [0.15, 0.2) is 53.9 Å². The first-order chi connectivity index (χ1) is 19.1. The van der Waals surface area contributed by atoms with Crippen LogP contribution < -0.4 is 21.6 Å². The Hall–Kier alpha value is -4.25. The van der Waals surface area contributed by atoms with Gasteiger partial charge < -0.3 is 20.9 Å². The van der Waals surface area contributed by atoms with E-state index in [1.807, 2.05) is 12.1 Å². The van der Waals surface area contributed by atoms with E-state index >= 15 is 0 Å². The number of fused-ring (bicyclic) bond motifs is 1. The minimum Gasteiger partial charge on any atom is -0.488 e. The standard InChI is InChI=1S/C15H20N2O.C14H18N4O4/c1-12-5-2-3-8-14(12)15(17-16-11-18)10-9-13-6-4-7-13;1-14(2,22-12(19)5-15)8-21-9-3-4-11-10(13(16)20)6-17-18(11)7-9/h2-3,5,8,11,13H,4,6-7,9-10H2,1H3,(H,16,18);3-4,6-7H,5,8,15H2,1-2H3,(H2,16,20)/b17-15-;. The second-order valence-electron chi connectivity index (χ2n) is 10.3. The number of esters is 1. The van der Waals surface area contributed by atoms with Crippen LogP contribution in [0.3, 0.4) is 0 Å². The zero-order valence-corrected chi connectivity index (χ0v) is 23.3. The van der Waals surface area contributed by atoms with Crippen molar-refractivity contribution in [3.05, 3.63) is 65.5 Å². The molecule has 1 fully saturated rings. The van der Waals surface area contributed by atoms with Gasteiger partial charge in [0.2, 0.25) is 6.41 Å². The van der Waals surface area contributed by atoms with Crippen LogP contribution in [0.25, 0.3) is 5.52 Å². The summed E-state index contributed by atoms with van der Waals surface area (Å²) in [6.45, 7) is 5.48. The molecule has 214 valence electrons. The Labute approximate surface area is 233 Å². The molecule has 40 heavy (non-hydrogen) atoms. The van der Waals surface area contributed by atoms with E-state index in [9.17, 15) is 14.4 Å². The number of ether oxygens (including phenoxy) is 2. The van der Waals surface area contributed by atoms with E-state index in [0.717, 1.165) is 23.6 Å². The highest BCUT2D eigenvalue weighted by molar-refractivity contribution is 6.02. The van der Waals surface area contributed by atoms with Crippen molar-refractivity contribution in [3.8, 4) is 5.75 Å². The molecule has 3 aromatic rings. The number of nitrogens with zero attached hydrogens (tertiary/aromatic N) is 3. The average Bonchev–Trinajstić information content (AvgIpc) is 3.33. The molecule has 11 heteroatoms. The lowest BCUT2D eigenvalue weighted by atomic mass is 9.81. The van der Waals surface area contributed by atoms with E-state index < -0.39 is 17.5 Å². The highest BCUT2D eigenvalue weighted by Crippen LogP contribution is 2.31. The predicted octanol–water partition coefficient (Wildman–Crippen LogP) is 3.12. The number of pyridine rings is 1. The van der Waals surface area contributed by atoms with Gasteiger partial charge in [-0.15, -0.1) is 0 Å². The second kappa shape index (κ2) is 14.2. The fraction of sp³-hybridized carbons (Fsp3) is 0.414. The minimum absolute atomic E-state index is 0.147. The smallest absolute Gasteiger partial charge is 0.320 e. The molecule has 0 unspecified atom stereocenters. The van der Waals surface area contributed by atoms with Crippen molar-refractivity contribution in [2.24, 2.45) is 22.5 Å². The van der Waals surface area contributed by atoms with Gasteiger partial charge in [0.05, 0.1) is 35.7 Å². The van der Waals surface area contributed by atoms with Gasteiger partial charge in [-0.3, -0.25) is 14.4 Å². The maximum Gasteiger partial charge on any atom is 0.320 e. The third kappa shape index (κ3) is 8.63. The van der Waals surface area contributed by atoms with E-state index in [4.69, 9.17) is 20.9 Å². The number of benzene rings is 1. The summed E-state index contributed by atoms with van der Waals surface area (Å²) in [4.78, 5) is 32.9. The van der Waals surface area contributed by atoms with Crippen molar-refractivity contribution < 1.29 is 23.9 Å². The summed E-state index contributed by atoms with van der Waals surface area (Å²) >= 11 is 0. The van der Waals surface area contributed by atoms with Crippen LogP contribution in [0.5, 0.6) is 5.75 Å². The Bertz CT molecular complexity index is 1350. The SMILES string of the molecule is CC(C)(COc1ccc2c(C(N)=O)cnn2c1)OC(=O)CN.Cc1ccccc1/C(CCC1CCC1)=N\NC=O. The van der Waals surface area contributed by atoms with Crippen molar-refractivity contribution in [2.45, 2.75) is 58.5 Å². The predicted molar refractivity (Wildman–Crippen MR) is 152 cm³/mol. The van der Waals surface area contributed by atoms with E-state index in [0.29, 0.717) is 23.2 Å². The van der Waals surface area contributed by atoms with Gasteiger partial charge >= 0.3 is 5.97 Å². The van der Waals surface area contributed by atoms with Crippen LogP contribution in [0.2, 0.25) is 0 Å². The zero-order chi connectivity index (χ0) is 29.1. The molecule has 1 aromatic carbocycles. The van der Waals surface area contributed by atoms with Gasteiger partial charge in [0, 0.05) is 5.56 Å². The van der Waals surface area contributed by atoms with Gasteiger partial charge in [-0.1, -0.05) is 43.5 Å². The molecule has 0 aliphatic heterocycles. The summed E-state index contributed by atoms with van der Waals surface area (Å²) in [5.74, 6) is 0.333. The van der Waals surface area contributed by atoms with Crippen molar-refractivity contribution in [1.29, 1.82) is 0 Å². The highest BCUT2D eigenvalue weighted by atomic mass is 16.6. The van der Waals surface area contributed by atoms with Gasteiger partial charge in [-0.25, -0.2) is 9.94 Å². The lowest BCUT2D eigenvalue weighted by Gasteiger charge is -2.25. The maximum absolute atomic E-state index is 11.2. The second-order valence-corrected chi connectivity index (χ2v) is 10.3. The third-order valence-corrected chi connectivity index (χ3v) is 6.62. The summed E-state index contributed by atoms with van der Waals surface area (Å²) in [6, 6.07) is 11.6. The van der Waals surface area contributed by atoms with Crippen LogP contribution in [0, 0.1) is 12.8 Å². The molecule has 1 saturated carbocycles. The zero-order valence-electron chi connectivity index (χ0n) is 23.3. The number of primary amides is 1. The van der Waals surface area contributed by atoms with E-state index in [2.05, 4.69) is 34.7 Å². The number of aromatic nitrogens is 2. The molecule has 2 aromatic heterocycles. The molecule has 2 amide bonds. The van der Waals surface area contributed by atoms with Crippen LogP contribution in [0.4, 0.5) is 0 Å². The molecule has 5 N–H and O–H groups in total. The van der Waals surface area contributed by atoms with E-state index in [1.54, 1.807) is 32.2 Å². The third-order valence-electron chi connectivity index (χ3n) is 6.62. The largest absolute Gasteiger partial charge is 0.488 e. The van der Waals surface area contributed by atoms with Crippen LogP contribution in [-0.4, -0.2) is 52.4 Å². The topological polar surface area (TPSA) is 163 Å². The minimum atomic E-state index is -0.812. The Morgan fingerprint density at radius 2 is 1.95 bits per heavy atom. The molecule has 11 nitrogen and oxygen atoms in total. The van der Waals surface area contributed by atoms with Crippen molar-refractivity contribution in [3.63, 3.8) is 0 Å². The number of hydrazone groups is 1. The average molecular weight is 551 g/mol. The normalized spacial score (nSPS) is 13.6. The molecule has 1 aliphatic carbocycles. The summed E-state index contributed by atoms with van der Waals surface area (Å²) in [6.07, 6.45) is 9.82. The van der Waals surface area contributed by atoms with Gasteiger partial charge in [0.1, 0.15) is 18.0 Å². The first kappa shape index (κ1) is 30.3. The molecular formula is C29H38N6O5. The van der Waals surface area contributed by atoms with Crippen LogP contribution >= 0.6 is 0 Å². The van der Waals surface area contributed by atoms with Crippen molar-refractivity contribution >= 4 is 29.5 Å². The van der Waals surface area contributed by atoms with E-state index in [-0.39, 0.29) is 13.2 Å². The molecule has 0 radical (unpaired) electrons. The number of nitrogens with one attached hydrogen (secondary N) is 1. The monoisotopic (exact) mass is 550 g/mol. The van der Waals surface area contributed by atoms with E-state index in [1.165, 1.54) is 42.0 Å². The number of rotatable bonds is 12. The summed E-state index contributed by atoms with van der Waals surface area (Å²) < 4.78 is 12.3. The maximum atomic E-state index is 11.2. The Morgan fingerprint density at radius 3 is 2.58 bits per heavy atom. The number of hydrogen-bond acceptors (Lipinski definition) is 8. The number of carbonyl (C=O) groups excluding carboxylic acids is 3. The Balaban J connectivity index is 0.000000225. The molecule has 0 atom stereocenters. The Morgan fingerprint density at radius 1 is 1.20 bits per heavy atom. The fourth-order valence-electron chi connectivity index (χ4n) is 4.25. The number of aryl methyl sites for hydroxylation is 1. The number of carbonyl (C=O) groups is 3. The quantitative estimate of drug-likeness (QED) is 0.135. The summed E-state index contributed by atoms with van der Waals surface area (Å²) in [5.41, 5.74) is 16.4. The summed E-state index contributed by atoms with van der Waals surface area (Å²) in [7, 11) is 0. The first-order valence-electron chi connectivity index (χ1n) is 13.3. The molecule has 1 aliphatic rings. The number of nitrogens with two attached hydrogens (primary N) is 2. The van der Waals surface area contributed by atoms with Crippen LogP contribution in [0.1, 0.15) is 67.4 Å². The van der Waals surface area contributed by atoms with Gasteiger partial charge in [-0.2, -0.15) is 10.2 Å². The lowest BCUT2D eigenvalue weighted by molar-refractivity contribution is -0.157. The highest BCUT2D eigenvalue weighted by Gasteiger charge is 2.23. The van der Waals surface area contributed by atoms with Gasteiger partial charge in [0.15, 0.2) is 0 Å². The fourth-order valence-corrected chi connectivity index (χ4v) is 4.25. The van der Waals surface area contributed by atoms with Crippen molar-refractivity contribution in [2.75, 3.05) is 13.2 Å². The van der Waals surface area contributed by atoms with Gasteiger partial charge in [-0.05, 0) is 57.2 Å². The molecule has 4 rings (SSSR count). The molecular weight excluding hydrogens is 512 g/mol. The first-order valence-corrected chi connectivity index (χ1v) is 13.3. The molecule has 2 heterocycles. The van der Waals surface area contributed by atoms with Crippen LogP contribution in [-0.2, 0) is 14.3 Å². The van der Waals surface area contributed by atoms with Gasteiger partial charge in [0.25, 0.3) is 5.91 Å². The summed E-state index contributed by atoms with van der Waals surface area (Å²) in [5, 5.41) is 8.24. The Kier molecular flexibility index (Phi) is 10.8. The lowest BCUT2D eigenvalue weighted by Crippen LogP contribution is -2.37. The molecule has 0 bridgehead atoms. The molecule has 0 saturated heterocycles. The van der Waals surface area contributed by atoms with Crippen molar-refractivity contribution in [1.82, 2.24) is 15.0 Å². The number of hydrogen-bond donors (Lipinski definition) is 3.